The molecule has 0 fully saturated rings. The molecule has 29 heavy (non-hydrogen) atoms. The van der Waals surface area contributed by atoms with Gasteiger partial charge in [0, 0.05) is 17.8 Å². The van der Waals surface area contributed by atoms with E-state index in [1.165, 1.54) is 120 Å². The van der Waals surface area contributed by atoms with Crippen LogP contribution in [0.15, 0.2) is 0 Å². The van der Waals surface area contributed by atoms with Crippen LogP contribution in [0.1, 0.15) is 147 Å². The van der Waals surface area contributed by atoms with Crippen molar-refractivity contribution in [3.05, 3.63) is 29.2 Å². The van der Waals surface area contributed by atoms with Crippen molar-refractivity contribution in [3.8, 4) is 0 Å². The van der Waals surface area contributed by atoms with Gasteiger partial charge in [0.25, 0.3) is 0 Å². The summed E-state index contributed by atoms with van der Waals surface area (Å²) in [6.45, 7) is 8.95. The number of hydrogen-bond donors (Lipinski definition) is 0. The molecule has 1 heterocycles. The summed E-state index contributed by atoms with van der Waals surface area (Å²) in [5, 5.41) is 0. The molecule has 0 aromatic carbocycles. The van der Waals surface area contributed by atoms with Crippen molar-refractivity contribution in [3.63, 3.8) is 0 Å². The molecule has 1 aromatic heterocycles. The lowest BCUT2D eigenvalue weighted by Crippen LogP contribution is -2.10. The summed E-state index contributed by atoms with van der Waals surface area (Å²) in [6, 6.07) is 0. The molecule has 0 amide bonds. The van der Waals surface area contributed by atoms with Gasteiger partial charge in [-0.15, -0.1) is 0 Å². The maximum atomic E-state index is 4.98. The number of rotatable bonds is 19. The van der Waals surface area contributed by atoms with Crippen LogP contribution in [0.2, 0.25) is 0 Å². The van der Waals surface area contributed by atoms with Crippen LogP contribution in [0.5, 0.6) is 0 Å². The first-order chi connectivity index (χ1) is 14.3. The number of hydrogen-bond acceptors (Lipinski definition) is 2. The predicted octanol–water partition coefficient (Wildman–Crippen LogP) is 8.59. The fraction of sp³-hybridized carbons (Fsp3) is 0.815. The van der Waals surface area contributed by atoms with Crippen molar-refractivity contribution in [1.82, 2.24) is 9.97 Å². The fourth-order valence-electron chi connectivity index (χ4n) is 4.13. The second kappa shape index (κ2) is 17.9. The Balaban J connectivity index is 2.81. The van der Waals surface area contributed by atoms with Crippen LogP contribution in [0.3, 0.4) is 0 Å². The largest absolute Gasteiger partial charge is 0.237 e. The van der Waals surface area contributed by atoms with Crippen molar-refractivity contribution in [2.45, 2.75) is 143 Å². The third-order valence-corrected chi connectivity index (χ3v) is 6.02. The van der Waals surface area contributed by atoms with Gasteiger partial charge in [-0.1, -0.05) is 105 Å². The van der Waals surface area contributed by atoms with E-state index in [2.05, 4.69) is 34.1 Å². The minimum Gasteiger partial charge on any atom is -0.237 e. The monoisotopic (exact) mass is 401 g/mol. The van der Waals surface area contributed by atoms with Gasteiger partial charge in [0.1, 0.15) is 5.82 Å². The smallest absolute Gasteiger partial charge is 0.132 e. The first-order valence-electron chi connectivity index (χ1n) is 12.9. The molecule has 0 spiro atoms. The second-order valence-corrected chi connectivity index (χ2v) is 8.74. The molecule has 2 nitrogen and oxygen atoms in total. The molecule has 0 bridgehead atoms. The van der Waals surface area contributed by atoms with Crippen molar-refractivity contribution in [2.75, 3.05) is 0 Å². The predicted molar refractivity (Wildman–Crippen MR) is 128 cm³/mol. The Kier molecular flexibility index (Phi) is 16.1. The van der Waals surface area contributed by atoms with Gasteiger partial charge in [-0.3, -0.25) is 0 Å². The molecule has 1 rings (SSSR count). The number of nitrogens with zero attached hydrogens (tertiary/aromatic N) is 2. The molecular formula is C27H49N2. The highest BCUT2D eigenvalue weighted by Crippen LogP contribution is 2.21. The molecule has 1 radical (unpaired) electrons. The van der Waals surface area contributed by atoms with Crippen LogP contribution < -0.4 is 0 Å². The van der Waals surface area contributed by atoms with E-state index in [0.29, 0.717) is 0 Å². The van der Waals surface area contributed by atoms with Crippen LogP contribution in [0.4, 0.5) is 0 Å². The average Bonchev–Trinajstić information content (AvgIpc) is 2.74. The van der Waals surface area contributed by atoms with Gasteiger partial charge in [0.2, 0.25) is 0 Å². The Morgan fingerprint density at radius 2 is 0.897 bits per heavy atom. The second-order valence-electron chi connectivity index (χ2n) is 8.74. The van der Waals surface area contributed by atoms with Crippen molar-refractivity contribution < 1.29 is 0 Å². The van der Waals surface area contributed by atoms with Gasteiger partial charge in [-0.2, -0.15) is 0 Å². The van der Waals surface area contributed by atoms with Crippen LogP contribution in [-0.4, -0.2) is 9.97 Å². The van der Waals surface area contributed by atoms with Crippen LogP contribution in [0.25, 0.3) is 0 Å². The lowest BCUT2D eigenvalue weighted by Gasteiger charge is -2.16. The van der Waals surface area contributed by atoms with Crippen molar-refractivity contribution in [2.24, 2.45) is 0 Å². The normalized spacial score (nSPS) is 11.3. The minimum absolute atomic E-state index is 0.951. The summed E-state index contributed by atoms with van der Waals surface area (Å²) in [4.78, 5) is 9.95. The molecule has 0 saturated carbocycles. The Labute approximate surface area is 182 Å². The average molecular weight is 402 g/mol. The van der Waals surface area contributed by atoms with E-state index >= 15 is 0 Å². The molecule has 0 saturated heterocycles. The van der Waals surface area contributed by atoms with Gasteiger partial charge in [0.05, 0.1) is 0 Å². The zero-order valence-corrected chi connectivity index (χ0v) is 20.2. The summed E-state index contributed by atoms with van der Waals surface area (Å²) in [5.41, 5.74) is 4.24. The standard InChI is InChI=1S/C27H49N2/c1-5-9-12-15-18-21-24-25(22-19-16-13-10-6-2)28-27(8-4)29-26(24)23-20-17-14-11-7-3/h8H,5-7,9-23H2,1-4H3. The quantitative estimate of drug-likeness (QED) is 0.217. The highest BCUT2D eigenvalue weighted by atomic mass is 14.9. The molecule has 0 atom stereocenters. The third-order valence-electron chi connectivity index (χ3n) is 6.02. The topological polar surface area (TPSA) is 25.8 Å². The summed E-state index contributed by atoms with van der Waals surface area (Å²) >= 11 is 0. The van der Waals surface area contributed by atoms with Crippen LogP contribution in [-0.2, 0) is 19.3 Å². The SMILES string of the molecule is C[CH]c1nc(CCCCCCC)c(CCCCCCC)c(CCCCCCC)n1. The van der Waals surface area contributed by atoms with Crippen LogP contribution in [0, 0.1) is 6.42 Å². The molecule has 0 aliphatic carbocycles. The Morgan fingerprint density at radius 3 is 1.28 bits per heavy atom. The number of aryl methyl sites for hydroxylation is 2. The zero-order valence-electron chi connectivity index (χ0n) is 20.2. The van der Waals surface area contributed by atoms with E-state index < -0.39 is 0 Å². The van der Waals surface area contributed by atoms with Gasteiger partial charge < -0.3 is 0 Å². The fourth-order valence-corrected chi connectivity index (χ4v) is 4.13. The highest BCUT2D eigenvalue weighted by molar-refractivity contribution is 5.28. The van der Waals surface area contributed by atoms with Gasteiger partial charge in [-0.05, 0) is 44.1 Å². The minimum atomic E-state index is 0.951. The van der Waals surface area contributed by atoms with Crippen molar-refractivity contribution in [1.29, 1.82) is 0 Å². The summed E-state index contributed by atoms with van der Waals surface area (Å²) in [6.07, 6.45) is 25.6. The first kappa shape index (κ1) is 26.1. The van der Waals surface area contributed by atoms with Gasteiger partial charge in [-0.25, -0.2) is 9.97 Å². The summed E-state index contributed by atoms with van der Waals surface area (Å²) < 4.78 is 0. The number of unbranched alkanes of at least 4 members (excludes halogenated alkanes) is 12. The summed E-state index contributed by atoms with van der Waals surface area (Å²) in [7, 11) is 0. The van der Waals surface area contributed by atoms with E-state index in [1.807, 2.05) is 0 Å². The molecule has 0 unspecified atom stereocenters. The Hall–Kier alpha value is -0.920. The maximum Gasteiger partial charge on any atom is 0.132 e. The first-order valence-corrected chi connectivity index (χ1v) is 12.9. The van der Waals surface area contributed by atoms with E-state index in [0.717, 1.165) is 18.7 Å². The highest BCUT2D eigenvalue weighted by Gasteiger charge is 2.14. The lowest BCUT2D eigenvalue weighted by molar-refractivity contribution is 0.601. The molecule has 0 aliphatic heterocycles. The van der Waals surface area contributed by atoms with Crippen LogP contribution >= 0.6 is 0 Å². The Bertz CT molecular complexity index is 474. The Morgan fingerprint density at radius 1 is 0.517 bits per heavy atom. The number of aromatic nitrogens is 2. The van der Waals surface area contributed by atoms with Gasteiger partial charge in [0.15, 0.2) is 0 Å². The third kappa shape index (κ3) is 11.7. The molecular weight excluding hydrogens is 352 g/mol. The molecule has 1 aromatic rings. The van der Waals surface area contributed by atoms with Gasteiger partial charge >= 0.3 is 0 Å². The molecule has 2 heteroatoms. The van der Waals surface area contributed by atoms with Crippen molar-refractivity contribution >= 4 is 0 Å². The molecule has 167 valence electrons. The van der Waals surface area contributed by atoms with E-state index in [-0.39, 0.29) is 0 Å². The summed E-state index contributed by atoms with van der Waals surface area (Å²) in [5.74, 6) is 0.951. The molecule has 0 aliphatic rings. The molecule has 0 N–H and O–H groups in total. The maximum absolute atomic E-state index is 4.98. The van der Waals surface area contributed by atoms with E-state index in [1.54, 1.807) is 0 Å². The lowest BCUT2D eigenvalue weighted by atomic mass is 9.96. The zero-order chi connectivity index (χ0) is 21.2. The van der Waals surface area contributed by atoms with E-state index in [9.17, 15) is 0 Å². The van der Waals surface area contributed by atoms with E-state index in [4.69, 9.17) is 9.97 Å².